The van der Waals surface area contributed by atoms with Gasteiger partial charge in [0.25, 0.3) is 6.47 Å². The van der Waals surface area contributed by atoms with Crippen molar-refractivity contribution < 1.29 is 57.7 Å². The molecule has 0 aliphatic carbocycles. The van der Waals surface area contributed by atoms with E-state index in [4.69, 9.17) is 19.4 Å². The van der Waals surface area contributed by atoms with Crippen LogP contribution in [-0.2, 0) is 11.4 Å². The number of fused-ring (bicyclic) bond motifs is 2. The van der Waals surface area contributed by atoms with E-state index in [0.29, 0.717) is 15.6 Å². The third kappa shape index (κ3) is 5.20. The van der Waals surface area contributed by atoms with Crippen molar-refractivity contribution in [1.29, 1.82) is 0 Å². The Morgan fingerprint density at radius 2 is 1.97 bits per heavy atom. The van der Waals surface area contributed by atoms with E-state index in [-0.39, 0.29) is 70.8 Å². The summed E-state index contributed by atoms with van der Waals surface area (Å²) in [6.07, 6.45) is 0. The summed E-state index contributed by atoms with van der Waals surface area (Å²) >= 11 is 2.47. The fourth-order valence-corrected chi connectivity index (χ4v) is 4.70. The number of aromatic nitrogens is 3. The predicted molar refractivity (Wildman–Crippen MR) is 126 cm³/mol. The Kier molecular flexibility index (Phi) is 8.98. The number of nitrogens with one attached hydrogen (secondary N) is 1. The Bertz CT molecular complexity index is 1660. The van der Waals surface area contributed by atoms with Crippen molar-refractivity contribution in [2.75, 3.05) is 7.11 Å². The van der Waals surface area contributed by atoms with E-state index in [2.05, 4.69) is 15.3 Å². The monoisotopic (exact) mass is 541 g/mol. The summed E-state index contributed by atoms with van der Waals surface area (Å²) in [6, 6.07) is 5.11. The Morgan fingerprint density at radius 1 is 1.22 bits per heavy atom. The molecule has 0 fully saturated rings. The maximum absolute atomic E-state index is 14.9. The van der Waals surface area contributed by atoms with Gasteiger partial charge in [0, 0.05) is 12.1 Å². The van der Waals surface area contributed by atoms with E-state index in [1.165, 1.54) is 30.6 Å². The zero-order valence-electron chi connectivity index (χ0n) is 18.7. The quantitative estimate of drug-likeness (QED) is 0.191. The first kappa shape index (κ1) is 27.5. The number of aromatic amines is 1. The van der Waals surface area contributed by atoms with Gasteiger partial charge in [-0.1, -0.05) is 21.7 Å². The first-order chi connectivity index (χ1) is 16.9. The number of thiophene rings is 1. The van der Waals surface area contributed by atoms with E-state index < -0.39 is 22.9 Å². The minimum Gasteiger partial charge on any atom is -0.493 e. The molecule has 0 aliphatic heterocycles. The fourth-order valence-electron chi connectivity index (χ4n) is 3.32. The van der Waals surface area contributed by atoms with Gasteiger partial charge in [-0.15, -0.1) is 11.3 Å². The molecule has 2 aromatic carbocycles. The molecule has 0 atom stereocenters. The molecular formula is C22H14F2N3NaO6S2. The van der Waals surface area contributed by atoms with E-state index >= 15 is 0 Å². The number of methoxy groups -OCH3 is 1. The molecule has 2 N–H and O–H groups in total. The van der Waals surface area contributed by atoms with Gasteiger partial charge in [0.05, 0.1) is 34.1 Å². The average molecular weight is 541 g/mol. The molecule has 0 aliphatic rings. The molecule has 3 aromatic heterocycles. The number of hydrogen-bond donors (Lipinski definition) is 2. The van der Waals surface area contributed by atoms with Crippen LogP contribution in [-0.4, -0.2) is 33.2 Å². The number of rotatable bonds is 5. The topological polar surface area (TPSA) is 124 Å². The van der Waals surface area contributed by atoms with Crippen LogP contribution in [0.1, 0.15) is 5.56 Å². The number of carboxylic acid groups (broad SMARTS) is 1. The second kappa shape index (κ2) is 11.8. The zero-order chi connectivity index (χ0) is 25.1. The van der Waals surface area contributed by atoms with Gasteiger partial charge in [-0.2, -0.15) is 0 Å². The van der Waals surface area contributed by atoms with Crippen LogP contribution in [0.25, 0.3) is 26.8 Å². The fraction of sp³-hybridized carbons (Fsp3) is 0.0909. The van der Waals surface area contributed by atoms with E-state index in [0.717, 1.165) is 22.1 Å². The summed E-state index contributed by atoms with van der Waals surface area (Å²) in [6.45, 7) is -0.475. The molecular weight excluding hydrogens is 527 g/mol. The van der Waals surface area contributed by atoms with Crippen LogP contribution in [0.15, 0.2) is 44.7 Å². The molecule has 3 heterocycles. The molecule has 0 saturated carbocycles. The summed E-state index contributed by atoms with van der Waals surface area (Å²) < 4.78 is 41.6. The third-order valence-corrected chi connectivity index (χ3v) is 6.33. The summed E-state index contributed by atoms with van der Waals surface area (Å²) in [4.78, 5) is 40.4. The number of thiazole rings is 1. The summed E-state index contributed by atoms with van der Waals surface area (Å²) in [5.41, 5.74) is 0.726. The molecule has 14 heteroatoms. The summed E-state index contributed by atoms with van der Waals surface area (Å²) in [7, 11) is 1.31. The van der Waals surface area contributed by atoms with Crippen molar-refractivity contribution in [3.8, 4) is 17.2 Å². The van der Waals surface area contributed by atoms with Crippen LogP contribution in [0.4, 0.5) is 8.78 Å². The van der Waals surface area contributed by atoms with Crippen LogP contribution in [0, 0.1) is 17.0 Å². The molecule has 5 rings (SSSR count). The van der Waals surface area contributed by atoms with E-state index in [1.807, 2.05) is 0 Å². The van der Waals surface area contributed by atoms with Gasteiger partial charge in [-0.25, -0.2) is 18.6 Å². The molecule has 0 unspecified atom stereocenters. The first-order valence-corrected chi connectivity index (χ1v) is 11.4. The predicted octanol–water partition coefficient (Wildman–Crippen LogP) is 0.721. The molecule has 0 saturated heterocycles. The van der Waals surface area contributed by atoms with Crippen LogP contribution in [0.5, 0.6) is 11.5 Å². The van der Waals surface area contributed by atoms with Gasteiger partial charge in [0.1, 0.15) is 12.4 Å². The second-order valence-electron chi connectivity index (χ2n) is 6.77. The van der Waals surface area contributed by atoms with Gasteiger partial charge in [-0.3, -0.25) is 20.7 Å². The maximum atomic E-state index is 14.9. The van der Waals surface area contributed by atoms with Crippen molar-refractivity contribution in [2.45, 2.75) is 6.61 Å². The van der Waals surface area contributed by atoms with Crippen LogP contribution in [0.3, 0.4) is 0 Å². The minimum absolute atomic E-state index is 0. The molecule has 5 aromatic rings. The Morgan fingerprint density at radius 3 is 2.69 bits per heavy atom. The number of ether oxygens (including phenoxy) is 2. The first-order valence-electron chi connectivity index (χ1n) is 9.63. The van der Waals surface area contributed by atoms with Crippen LogP contribution in [0.2, 0.25) is 0 Å². The van der Waals surface area contributed by atoms with Crippen molar-refractivity contribution in [2.24, 2.45) is 0 Å². The Labute approximate surface area is 230 Å². The molecule has 9 nitrogen and oxygen atoms in total. The SMILES string of the molecule is COc1cc(F)c(-n2c(=O)[nH]c3cs[c-]c3c2=O)cc1OCc1c(F)ccc2scnc12.O=CO.[Na+]. The van der Waals surface area contributed by atoms with Crippen molar-refractivity contribution in [3.63, 3.8) is 0 Å². The average Bonchev–Trinajstić information content (AvgIpc) is 3.50. The van der Waals surface area contributed by atoms with Crippen molar-refractivity contribution in [1.82, 2.24) is 14.5 Å². The minimum atomic E-state index is -0.871. The number of nitrogens with zero attached hydrogens (tertiary/aromatic N) is 2. The van der Waals surface area contributed by atoms with Crippen LogP contribution < -0.4 is 50.3 Å². The van der Waals surface area contributed by atoms with Crippen molar-refractivity contribution in [3.05, 3.63) is 78.6 Å². The zero-order valence-corrected chi connectivity index (χ0v) is 22.3. The number of H-pyrrole nitrogens is 1. The number of benzene rings is 2. The summed E-state index contributed by atoms with van der Waals surface area (Å²) in [5, 5.41) is 11.3. The van der Waals surface area contributed by atoms with Crippen LogP contribution >= 0.6 is 22.7 Å². The van der Waals surface area contributed by atoms with Gasteiger partial charge in [0.2, 0.25) is 0 Å². The van der Waals surface area contributed by atoms with E-state index in [9.17, 15) is 18.4 Å². The van der Waals surface area contributed by atoms with E-state index in [1.54, 1.807) is 17.0 Å². The van der Waals surface area contributed by atoms with Gasteiger partial charge in [0.15, 0.2) is 22.9 Å². The second-order valence-corrected chi connectivity index (χ2v) is 8.33. The molecule has 0 bridgehead atoms. The van der Waals surface area contributed by atoms with Gasteiger partial charge >= 0.3 is 35.2 Å². The Hall–Kier alpha value is -3.10. The largest absolute Gasteiger partial charge is 1.00 e. The molecule has 0 amide bonds. The number of carbonyl (C=O) groups is 1. The number of halogens is 2. The molecule has 180 valence electrons. The molecule has 0 spiro atoms. The van der Waals surface area contributed by atoms with Gasteiger partial charge < -0.3 is 24.4 Å². The van der Waals surface area contributed by atoms with Crippen molar-refractivity contribution >= 4 is 50.3 Å². The third-order valence-electron chi connectivity index (χ3n) is 4.86. The standard InChI is InChI=1S/C21H12F2N3O4S2.CH2O2.Na/c1-29-16-4-13(23)15(26-20(27)11-7-31-8-14(11)25-21(26)28)5-17(16)30-6-10-12(22)2-3-18-19(10)24-9-32-18;2-1-3;/h2-5,8-9H,6H2,1H3,(H,25,28);1H,(H,2,3);/q-1;;+1. The Balaban J connectivity index is 0.000000861. The maximum Gasteiger partial charge on any atom is 1.00 e. The molecule has 0 radical (unpaired) electrons. The molecule has 36 heavy (non-hydrogen) atoms. The number of hydrogen-bond acceptors (Lipinski definition) is 8. The van der Waals surface area contributed by atoms with Gasteiger partial charge in [-0.05, 0) is 12.1 Å². The smallest absolute Gasteiger partial charge is 0.493 e. The normalized spacial score (nSPS) is 10.4. The summed E-state index contributed by atoms with van der Waals surface area (Å²) in [5.74, 6) is -1.33.